The molecule has 0 saturated heterocycles. The van der Waals surface area contributed by atoms with E-state index in [1.165, 1.54) is 0 Å². The topological polar surface area (TPSA) is 145 Å². The number of hydrogen-bond acceptors (Lipinski definition) is 8. The van der Waals surface area contributed by atoms with E-state index in [0.717, 1.165) is 12.2 Å². The van der Waals surface area contributed by atoms with Gasteiger partial charge in [0.15, 0.2) is 0 Å². The van der Waals surface area contributed by atoms with Gasteiger partial charge in [0.05, 0.1) is 23.6 Å². The average molecular weight is 555 g/mol. The summed E-state index contributed by atoms with van der Waals surface area (Å²) in [5.74, 6) is -2.11. The van der Waals surface area contributed by atoms with Gasteiger partial charge in [0.25, 0.3) is 0 Å². The largest absolute Gasteiger partial charge is 0.461 e. The van der Waals surface area contributed by atoms with Crippen LogP contribution < -0.4 is 9.44 Å². The van der Waals surface area contributed by atoms with E-state index < -0.39 is 54.9 Å². The molecule has 0 saturated carbocycles. The van der Waals surface area contributed by atoms with Gasteiger partial charge in [0.2, 0.25) is 20.0 Å². The maximum absolute atomic E-state index is 12.4. The smallest absolute Gasteiger partial charge is 0.331 e. The first-order valence-electron chi connectivity index (χ1n) is 12.0. The quantitative estimate of drug-likeness (QED) is 0.246. The van der Waals surface area contributed by atoms with E-state index in [1.54, 1.807) is 27.7 Å². The molecule has 0 amide bonds. The van der Waals surface area contributed by atoms with E-state index in [-0.39, 0.29) is 36.6 Å². The van der Waals surface area contributed by atoms with Gasteiger partial charge in [0, 0.05) is 12.2 Å². The van der Waals surface area contributed by atoms with Crippen LogP contribution in [-0.2, 0) is 39.1 Å². The van der Waals surface area contributed by atoms with Crippen LogP contribution in [0.2, 0.25) is 0 Å². The monoisotopic (exact) mass is 554 g/mol. The van der Waals surface area contributed by atoms with Crippen LogP contribution in [0.5, 0.6) is 0 Å². The summed E-state index contributed by atoms with van der Waals surface area (Å²) in [5, 5.41) is 0. The number of nitrogens with one attached hydrogen (secondary N) is 2. The fourth-order valence-electron chi connectivity index (χ4n) is 2.99. The van der Waals surface area contributed by atoms with Gasteiger partial charge in [-0.25, -0.2) is 35.9 Å². The maximum atomic E-state index is 12.4. The SMILES string of the molecule is CC(C)[C@@H](COC(=O)/C=C/C(=O)OC[C@@H](NS(=O)(=O)CC(C)(C)C)C(C)C)NS(=O)(=O)CC(C)(C)C. The van der Waals surface area contributed by atoms with Crippen LogP contribution in [0.1, 0.15) is 69.2 Å². The Labute approximate surface area is 218 Å². The zero-order chi connectivity index (χ0) is 28.5. The molecule has 36 heavy (non-hydrogen) atoms. The molecule has 0 aromatic heterocycles. The Hall–Kier alpha value is -1.50. The van der Waals surface area contributed by atoms with Crippen molar-refractivity contribution in [2.45, 2.75) is 81.3 Å². The summed E-state index contributed by atoms with van der Waals surface area (Å²) in [7, 11) is -7.17. The van der Waals surface area contributed by atoms with Crippen molar-refractivity contribution in [2.24, 2.45) is 22.7 Å². The second-order valence-corrected chi connectivity index (χ2v) is 15.7. The number of sulfonamides is 2. The molecule has 0 spiro atoms. The first kappa shape index (κ1) is 34.5. The highest BCUT2D eigenvalue weighted by molar-refractivity contribution is 7.89. The number of rotatable bonds is 14. The zero-order valence-corrected chi connectivity index (χ0v) is 25.0. The highest BCUT2D eigenvalue weighted by Crippen LogP contribution is 2.17. The average Bonchev–Trinajstić information content (AvgIpc) is 2.62. The lowest BCUT2D eigenvalue weighted by Gasteiger charge is -2.25. The van der Waals surface area contributed by atoms with Crippen LogP contribution in [0.4, 0.5) is 0 Å². The van der Waals surface area contributed by atoms with E-state index in [1.807, 2.05) is 41.5 Å². The first-order chi connectivity index (χ1) is 16.0. The Morgan fingerprint density at radius 1 is 0.667 bits per heavy atom. The molecule has 12 heteroatoms. The van der Waals surface area contributed by atoms with Gasteiger partial charge in [-0.1, -0.05) is 69.2 Å². The molecule has 2 N–H and O–H groups in total. The Morgan fingerprint density at radius 2 is 0.944 bits per heavy atom. The molecule has 0 aromatic rings. The third-order valence-electron chi connectivity index (χ3n) is 4.68. The van der Waals surface area contributed by atoms with Gasteiger partial charge in [-0.2, -0.15) is 0 Å². The summed E-state index contributed by atoms with van der Waals surface area (Å²) in [6.07, 6.45) is 1.77. The van der Waals surface area contributed by atoms with Gasteiger partial charge >= 0.3 is 11.9 Å². The summed E-state index contributed by atoms with van der Waals surface area (Å²) in [6, 6.07) is -1.26. The van der Waals surface area contributed by atoms with Crippen molar-refractivity contribution in [3.63, 3.8) is 0 Å². The van der Waals surface area contributed by atoms with Crippen LogP contribution in [-0.4, -0.2) is 65.6 Å². The minimum Gasteiger partial charge on any atom is -0.461 e. The summed E-state index contributed by atoms with van der Waals surface area (Å²) >= 11 is 0. The molecule has 10 nitrogen and oxygen atoms in total. The molecule has 0 rings (SSSR count). The number of hydrogen-bond donors (Lipinski definition) is 2. The van der Waals surface area contributed by atoms with E-state index in [0.29, 0.717) is 0 Å². The summed E-state index contributed by atoms with van der Waals surface area (Å²) in [6.45, 7) is 17.6. The van der Waals surface area contributed by atoms with E-state index in [9.17, 15) is 26.4 Å². The molecule has 0 aliphatic heterocycles. The van der Waals surface area contributed by atoms with Crippen LogP contribution in [0.3, 0.4) is 0 Å². The normalized spacial score (nSPS) is 15.3. The van der Waals surface area contributed by atoms with Crippen molar-refractivity contribution in [2.75, 3.05) is 24.7 Å². The molecular weight excluding hydrogens is 508 g/mol. The molecule has 0 fully saturated rings. The van der Waals surface area contributed by atoms with Gasteiger partial charge in [0.1, 0.15) is 13.2 Å². The highest BCUT2D eigenvalue weighted by Gasteiger charge is 2.28. The molecule has 0 aliphatic rings. The predicted octanol–water partition coefficient (Wildman–Crippen LogP) is 2.61. The van der Waals surface area contributed by atoms with Crippen molar-refractivity contribution in [1.29, 1.82) is 0 Å². The fraction of sp³-hybridized carbons (Fsp3) is 0.833. The van der Waals surface area contributed by atoms with E-state index in [2.05, 4.69) is 9.44 Å². The van der Waals surface area contributed by atoms with Crippen molar-refractivity contribution in [3.05, 3.63) is 12.2 Å². The first-order valence-corrected chi connectivity index (χ1v) is 15.3. The molecule has 0 aliphatic carbocycles. The zero-order valence-electron chi connectivity index (χ0n) is 23.4. The predicted molar refractivity (Wildman–Crippen MR) is 141 cm³/mol. The maximum Gasteiger partial charge on any atom is 0.331 e. The lowest BCUT2D eigenvalue weighted by molar-refractivity contribution is -0.141. The van der Waals surface area contributed by atoms with Crippen LogP contribution in [0.15, 0.2) is 12.2 Å². The second-order valence-electron chi connectivity index (χ2n) is 12.2. The van der Waals surface area contributed by atoms with Crippen molar-refractivity contribution in [3.8, 4) is 0 Å². The summed E-state index contributed by atoms with van der Waals surface area (Å²) in [5.41, 5.74) is -0.873. The molecule has 0 bridgehead atoms. The molecule has 0 unspecified atom stereocenters. The van der Waals surface area contributed by atoms with Gasteiger partial charge in [-0.15, -0.1) is 0 Å². The molecule has 2 atom stereocenters. The Morgan fingerprint density at radius 3 is 1.17 bits per heavy atom. The third-order valence-corrected chi connectivity index (χ3v) is 8.50. The number of esters is 2. The minimum atomic E-state index is -3.59. The van der Waals surface area contributed by atoms with Crippen molar-refractivity contribution >= 4 is 32.0 Å². The summed E-state index contributed by atoms with van der Waals surface area (Å²) < 4.78 is 64.9. The summed E-state index contributed by atoms with van der Waals surface area (Å²) in [4.78, 5) is 24.1. The molecule has 0 aromatic carbocycles. The lowest BCUT2D eigenvalue weighted by Crippen LogP contribution is -2.45. The van der Waals surface area contributed by atoms with Crippen molar-refractivity contribution < 1.29 is 35.9 Å². The molecular formula is C24H46N2O8S2. The van der Waals surface area contributed by atoms with Crippen LogP contribution in [0.25, 0.3) is 0 Å². The minimum absolute atomic E-state index is 0.0767. The van der Waals surface area contributed by atoms with Crippen LogP contribution >= 0.6 is 0 Å². The van der Waals surface area contributed by atoms with E-state index >= 15 is 0 Å². The molecule has 212 valence electrons. The van der Waals surface area contributed by atoms with E-state index in [4.69, 9.17) is 9.47 Å². The number of carbonyl (C=O) groups is 2. The Bertz CT molecular complexity index is 879. The molecule has 0 radical (unpaired) electrons. The number of carbonyl (C=O) groups excluding carboxylic acids is 2. The third kappa shape index (κ3) is 17.0. The Kier molecular flexibility index (Phi) is 13.3. The standard InChI is InChI=1S/C24H46N2O8S2/c1-17(2)19(25-35(29,30)15-23(5,6)7)13-33-21(27)11-12-22(28)34-14-20(18(3)4)26-36(31,32)16-24(8,9)10/h11-12,17-20,25-26H,13-16H2,1-10H3/b12-11+/t19-,20-/m1/s1. The van der Waals surface area contributed by atoms with Gasteiger partial charge in [-0.05, 0) is 22.7 Å². The number of ether oxygens (including phenoxy) is 2. The van der Waals surface area contributed by atoms with Gasteiger partial charge in [-0.3, -0.25) is 0 Å². The molecule has 0 heterocycles. The lowest BCUT2D eigenvalue weighted by atomic mass is 10.0. The van der Waals surface area contributed by atoms with Crippen LogP contribution in [0, 0.1) is 22.7 Å². The second kappa shape index (κ2) is 13.9. The highest BCUT2D eigenvalue weighted by atomic mass is 32.2. The van der Waals surface area contributed by atoms with Crippen molar-refractivity contribution in [1.82, 2.24) is 9.44 Å². The Balaban J connectivity index is 4.89. The fourth-order valence-corrected chi connectivity index (χ4v) is 7.04. The van der Waals surface area contributed by atoms with Gasteiger partial charge < -0.3 is 9.47 Å².